The summed E-state index contributed by atoms with van der Waals surface area (Å²) in [5.41, 5.74) is 3.45. The fourth-order valence-corrected chi connectivity index (χ4v) is 4.45. The number of carboxylic acid groups (broad SMARTS) is 1. The van der Waals surface area contributed by atoms with E-state index in [9.17, 15) is 4.79 Å². The highest BCUT2D eigenvalue weighted by Crippen LogP contribution is 2.30. The number of benzene rings is 2. The van der Waals surface area contributed by atoms with E-state index in [1.54, 1.807) is 36.0 Å². The number of aromatic carboxylic acids is 1. The Balaban J connectivity index is 1.45. The second-order valence-corrected chi connectivity index (χ2v) is 9.59. The number of aryl methyl sites for hydroxylation is 1. The van der Waals surface area contributed by atoms with Gasteiger partial charge in [0.15, 0.2) is 0 Å². The van der Waals surface area contributed by atoms with Crippen LogP contribution < -0.4 is 4.74 Å². The Morgan fingerprint density at radius 1 is 1.25 bits per heavy atom. The Morgan fingerprint density at radius 2 is 2.08 bits per heavy atom. The molecule has 0 amide bonds. The summed E-state index contributed by atoms with van der Waals surface area (Å²) in [5.74, 6) is 1.09. The van der Waals surface area contributed by atoms with E-state index in [-0.39, 0.29) is 18.1 Å². The number of hydrogen-bond acceptors (Lipinski definition) is 8. The molecule has 0 atom stereocenters. The third-order valence-corrected chi connectivity index (χ3v) is 6.64. The molecule has 36 heavy (non-hydrogen) atoms. The first-order valence-corrected chi connectivity index (χ1v) is 12.4. The molecule has 0 spiro atoms. The summed E-state index contributed by atoms with van der Waals surface area (Å²) in [7, 11) is 1.78. The third-order valence-electron chi connectivity index (χ3n) is 5.29. The van der Waals surface area contributed by atoms with Crippen molar-refractivity contribution in [3.8, 4) is 5.75 Å². The molecular weight excluding hydrogens is 502 g/mol. The van der Waals surface area contributed by atoms with E-state index < -0.39 is 5.97 Å². The molecule has 0 bridgehead atoms. The van der Waals surface area contributed by atoms with Crippen LogP contribution in [0.2, 0.25) is 5.02 Å². The SMILES string of the molecule is CC(C)c1onc(CSc2nnnn2C)c1COc1ccc(/C=C/c2cccc(C(=O)O)c2)c(Cl)c1. The molecule has 0 radical (unpaired) electrons. The number of carbonyl (C=O) groups is 1. The quantitative estimate of drug-likeness (QED) is 0.205. The number of carboxylic acids is 1. The topological polar surface area (TPSA) is 116 Å². The van der Waals surface area contributed by atoms with Crippen LogP contribution in [0.1, 0.15) is 58.3 Å². The van der Waals surface area contributed by atoms with E-state index in [2.05, 4.69) is 20.7 Å². The van der Waals surface area contributed by atoms with Crippen molar-refractivity contribution < 1.29 is 19.2 Å². The summed E-state index contributed by atoms with van der Waals surface area (Å²) < 4.78 is 13.3. The number of nitrogens with zero attached hydrogens (tertiary/aromatic N) is 5. The Bertz CT molecular complexity index is 1400. The van der Waals surface area contributed by atoms with Crippen LogP contribution in [-0.4, -0.2) is 36.4 Å². The second-order valence-electron chi connectivity index (χ2n) is 8.24. The highest BCUT2D eigenvalue weighted by molar-refractivity contribution is 7.98. The molecule has 0 fully saturated rings. The maximum Gasteiger partial charge on any atom is 0.335 e. The van der Waals surface area contributed by atoms with E-state index in [0.29, 0.717) is 21.7 Å². The molecule has 9 nitrogen and oxygen atoms in total. The van der Waals surface area contributed by atoms with Crippen LogP contribution in [0, 0.1) is 0 Å². The zero-order valence-electron chi connectivity index (χ0n) is 19.9. The first kappa shape index (κ1) is 25.5. The molecule has 0 saturated carbocycles. The number of halogens is 1. The van der Waals surface area contributed by atoms with Gasteiger partial charge in [-0.15, -0.1) is 5.10 Å². The first-order valence-electron chi connectivity index (χ1n) is 11.1. The number of aromatic nitrogens is 5. The lowest BCUT2D eigenvalue weighted by Crippen LogP contribution is -2.02. The molecule has 4 aromatic rings. The molecule has 186 valence electrons. The minimum Gasteiger partial charge on any atom is -0.489 e. The van der Waals surface area contributed by atoms with Gasteiger partial charge in [0.05, 0.1) is 16.1 Å². The standard InChI is InChI=1S/C25H24ClN5O4S/c1-15(2)23-20(22(28-35-23)14-36-25-27-29-30-31(25)3)13-34-19-10-9-17(21(26)12-19)8-7-16-5-4-6-18(11-16)24(32)33/h4-12,15H,13-14H2,1-3H3,(H,32,33)/b8-7+. The average Bonchev–Trinajstić information content (AvgIpc) is 3.46. The van der Waals surface area contributed by atoms with E-state index in [4.69, 9.17) is 26.0 Å². The van der Waals surface area contributed by atoms with Gasteiger partial charge in [-0.25, -0.2) is 9.48 Å². The van der Waals surface area contributed by atoms with Gasteiger partial charge in [-0.3, -0.25) is 0 Å². The lowest BCUT2D eigenvalue weighted by atomic mass is 10.1. The maximum absolute atomic E-state index is 11.2. The highest BCUT2D eigenvalue weighted by Gasteiger charge is 2.20. The molecule has 0 aliphatic carbocycles. The molecular formula is C25H24ClN5O4S. The Labute approximate surface area is 217 Å². The van der Waals surface area contributed by atoms with E-state index >= 15 is 0 Å². The highest BCUT2D eigenvalue weighted by atomic mass is 35.5. The van der Waals surface area contributed by atoms with Crippen LogP contribution in [0.15, 0.2) is 52.1 Å². The molecule has 2 aromatic heterocycles. The van der Waals surface area contributed by atoms with E-state index in [0.717, 1.165) is 28.1 Å². The Hall–Kier alpha value is -3.63. The predicted octanol–water partition coefficient (Wildman–Crippen LogP) is 5.71. The molecule has 4 rings (SSSR count). The number of ether oxygens (including phenoxy) is 1. The Morgan fingerprint density at radius 3 is 2.78 bits per heavy atom. The molecule has 0 unspecified atom stereocenters. The molecule has 0 aliphatic heterocycles. The van der Waals surface area contributed by atoms with Crippen LogP contribution in [0.5, 0.6) is 5.75 Å². The molecule has 11 heteroatoms. The van der Waals surface area contributed by atoms with Crippen LogP contribution >= 0.6 is 23.4 Å². The second kappa shape index (κ2) is 11.4. The molecule has 1 N–H and O–H groups in total. The van der Waals surface area contributed by atoms with Crippen LogP contribution in [0.25, 0.3) is 12.2 Å². The molecule has 0 aliphatic rings. The number of tetrazole rings is 1. The summed E-state index contributed by atoms with van der Waals surface area (Å²) in [6, 6.07) is 12.1. The fourth-order valence-electron chi connectivity index (χ4n) is 3.40. The third kappa shape index (κ3) is 6.13. The van der Waals surface area contributed by atoms with Crippen molar-refractivity contribution in [1.82, 2.24) is 25.4 Å². The summed E-state index contributed by atoms with van der Waals surface area (Å²) >= 11 is 7.96. The van der Waals surface area contributed by atoms with Gasteiger partial charge in [-0.05, 0) is 51.9 Å². The van der Waals surface area contributed by atoms with Crippen LogP contribution in [-0.2, 0) is 19.4 Å². The molecule has 2 aromatic carbocycles. The van der Waals surface area contributed by atoms with Crippen molar-refractivity contribution in [1.29, 1.82) is 0 Å². The van der Waals surface area contributed by atoms with Gasteiger partial charge in [0.2, 0.25) is 5.16 Å². The van der Waals surface area contributed by atoms with E-state index in [1.807, 2.05) is 44.2 Å². The van der Waals surface area contributed by atoms with Gasteiger partial charge in [0, 0.05) is 18.7 Å². The minimum atomic E-state index is -0.967. The molecule has 0 saturated heterocycles. The van der Waals surface area contributed by atoms with E-state index in [1.165, 1.54) is 11.8 Å². The minimum absolute atomic E-state index is 0.141. The van der Waals surface area contributed by atoms with Crippen molar-refractivity contribution in [3.63, 3.8) is 0 Å². The Kier molecular flexibility index (Phi) is 8.07. The van der Waals surface area contributed by atoms with Crippen molar-refractivity contribution in [2.24, 2.45) is 7.05 Å². The summed E-state index contributed by atoms with van der Waals surface area (Å²) in [6.07, 6.45) is 3.65. The largest absolute Gasteiger partial charge is 0.489 e. The van der Waals surface area contributed by atoms with Crippen molar-refractivity contribution in [3.05, 3.63) is 81.2 Å². The smallest absolute Gasteiger partial charge is 0.335 e. The summed E-state index contributed by atoms with van der Waals surface area (Å²) in [6.45, 7) is 4.35. The van der Waals surface area contributed by atoms with Gasteiger partial charge in [0.25, 0.3) is 0 Å². The molecule has 2 heterocycles. The normalized spacial score (nSPS) is 11.5. The zero-order chi connectivity index (χ0) is 25.7. The van der Waals surface area contributed by atoms with Gasteiger partial charge in [-0.2, -0.15) is 0 Å². The van der Waals surface area contributed by atoms with Gasteiger partial charge >= 0.3 is 5.97 Å². The number of thioether (sulfide) groups is 1. The van der Waals surface area contributed by atoms with Crippen molar-refractivity contribution >= 4 is 41.5 Å². The van der Waals surface area contributed by atoms with Crippen LogP contribution in [0.4, 0.5) is 0 Å². The van der Waals surface area contributed by atoms with Gasteiger partial charge in [0.1, 0.15) is 23.8 Å². The zero-order valence-corrected chi connectivity index (χ0v) is 21.5. The van der Waals surface area contributed by atoms with Gasteiger partial charge < -0.3 is 14.4 Å². The summed E-state index contributed by atoms with van der Waals surface area (Å²) in [4.78, 5) is 11.2. The lowest BCUT2D eigenvalue weighted by molar-refractivity contribution is 0.0697. The average molecular weight is 526 g/mol. The van der Waals surface area contributed by atoms with Crippen molar-refractivity contribution in [2.75, 3.05) is 0 Å². The maximum atomic E-state index is 11.2. The fraction of sp³-hybridized carbons (Fsp3) is 0.240. The predicted molar refractivity (Wildman–Crippen MR) is 137 cm³/mol. The first-order chi connectivity index (χ1) is 17.3. The lowest BCUT2D eigenvalue weighted by Gasteiger charge is -2.10. The summed E-state index contributed by atoms with van der Waals surface area (Å²) in [5, 5.41) is 26.1. The van der Waals surface area contributed by atoms with Crippen LogP contribution in [0.3, 0.4) is 0 Å². The number of hydrogen-bond donors (Lipinski definition) is 1. The van der Waals surface area contributed by atoms with Crippen molar-refractivity contribution in [2.45, 2.75) is 37.3 Å². The number of rotatable bonds is 10. The van der Waals surface area contributed by atoms with Gasteiger partial charge in [-0.1, -0.05) is 66.7 Å². The monoisotopic (exact) mass is 525 g/mol.